The molecule has 3 rings (SSSR count). The van der Waals surface area contributed by atoms with Crippen LogP contribution in [0.1, 0.15) is 11.4 Å². The molecular weight excluding hydrogens is 339 g/mol. The van der Waals surface area contributed by atoms with Crippen LogP contribution in [0, 0.1) is 17.0 Å². The molecule has 0 unspecified atom stereocenters. The molecule has 0 spiro atoms. The van der Waals surface area contributed by atoms with Gasteiger partial charge in [-0.2, -0.15) is 0 Å². The highest BCUT2D eigenvalue weighted by Gasteiger charge is 2.25. The number of aromatic nitrogens is 2. The monoisotopic (exact) mass is 350 g/mol. The fourth-order valence-electron chi connectivity index (χ4n) is 2.47. The SMILES string of the molecule is Cc1nc2c([N+](=O)[O-])c(Cl)c(Cl)cc2n1Cc1ccc(N)cc1. The Morgan fingerprint density at radius 3 is 2.57 bits per heavy atom. The normalized spacial score (nSPS) is 11.1. The molecule has 0 aliphatic heterocycles. The van der Waals surface area contributed by atoms with Crippen LogP contribution in [-0.2, 0) is 6.54 Å². The third-order valence-corrected chi connectivity index (χ3v) is 4.38. The standard InChI is InChI=1S/C15H12Cl2N4O2/c1-8-19-14-12(6-11(16)13(17)15(14)21(22)23)20(8)7-9-2-4-10(18)5-3-9/h2-6H,7,18H2,1H3. The predicted molar refractivity (Wildman–Crippen MR) is 91.1 cm³/mol. The van der Waals surface area contributed by atoms with Gasteiger partial charge in [-0.05, 0) is 30.7 Å². The molecule has 23 heavy (non-hydrogen) atoms. The maximum atomic E-state index is 11.3. The lowest BCUT2D eigenvalue weighted by atomic mass is 10.2. The van der Waals surface area contributed by atoms with Crippen molar-refractivity contribution in [1.29, 1.82) is 0 Å². The van der Waals surface area contributed by atoms with Crippen LogP contribution in [0.2, 0.25) is 10.0 Å². The summed E-state index contributed by atoms with van der Waals surface area (Å²) in [6.07, 6.45) is 0. The number of nitro groups is 1. The number of rotatable bonds is 3. The van der Waals surface area contributed by atoms with Crippen molar-refractivity contribution in [2.24, 2.45) is 0 Å². The Balaban J connectivity index is 2.20. The Bertz CT molecular complexity index is 920. The number of nitrogens with two attached hydrogens (primary N) is 1. The molecule has 1 aromatic heterocycles. The van der Waals surface area contributed by atoms with Gasteiger partial charge in [0.15, 0.2) is 5.52 Å². The zero-order valence-corrected chi connectivity index (χ0v) is 13.6. The highest BCUT2D eigenvalue weighted by Crippen LogP contribution is 2.38. The van der Waals surface area contributed by atoms with Crippen LogP contribution >= 0.6 is 23.2 Å². The molecule has 0 aliphatic carbocycles. The number of anilines is 1. The number of nitrogen functional groups attached to an aromatic ring is 1. The maximum Gasteiger partial charge on any atom is 0.317 e. The number of nitro benzene ring substituents is 1. The van der Waals surface area contributed by atoms with Crippen molar-refractivity contribution < 1.29 is 4.92 Å². The molecule has 0 fully saturated rings. The van der Waals surface area contributed by atoms with Gasteiger partial charge in [0.25, 0.3) is 0 Å². The molecule has 0 bridgehead atoms. The molecule has 0 aliphatic rings. The van der Waals surface area contributed by atoms with Gasteiger partial charge < -0.3 is 10.3 Å². The molecule has 2 N–H and O–H groups in total. The molecule has 0 radical (unpaired) electrons. The number of hydrogen-bond acceptors (Lipinski definition) is 4. The number of hydrogen-bond donors (Lipinski definition) is 1. The van der Waals surface area contributed by atoms with E-state index in [1.165, 1.54) is 0 Å². The summed E-state index contributed by atoms with van der Waals surface area (Å²) in [6, 6.07) is 8.99. The Hall–Kier alpha value is -2.31. The van der Waals surface area contributed by atoms with Crippen LogP contribution in [0.15, 0.2) is 30.3 Å². The van der Waals surface area contributed by atoms with Crippen molar-refractivity contribution >= 4 is 45.6 Å². The molecule has 8 heteroatoms. The molecule has 0 amide bonds. The van der Waals surface area contributed by atoms with Crippen molar-refractivity contribution in [3.63, 3.8) is 0 Å². The second kappa shape index (κ2) is 5.72. The smallest absolute Gasteiger partial charge is 0.317 e. The van der Waals surface area contributed by atoms with E-state index in [4.69, 9.17) is 28.9 Å². The van der Waals surface area contributed by atoms with E-state index in [0.29, 0.717) is 23.6 Å². The third kappa shape index (κ3) is 2.71. The summed E-state index contributed by atoms with van der Waals surface area (Å²) < 4.78 is 1.86. The zero-order valence-electron chi connectivity index (χ0n) is 12.1. The fraction of sp³-hybridized carbons (Fsp3) is 0.133. The van der Waals surface area contributed by atoms with Gasteiger partial charge in [-0.15, -0.1) is 0 Å². The number of halogens is 2. The second-order valence-corrected chi connectivity index (χ2v) is 5.92. The first-order chi connectivity index (χ1) is 10.9. The second-order valence-electron chi connectivity index (χ2n) is 5.13. The minimum atomic E-state index is -0.559. The lowest BCUT2D eigenvalue weighted by Crippen LogP contribution is -2.02. The van der Waals surface area contributed by atoms with E-state index in [-0.39, 0.29) is 21.2 Å². The van der Waals surface area contributed by atoms with Crippen LogP contribution in [0.5, 0.6) is 0 Å². The summed E-state index contributed by atoms with van der Waals surface area (Å²) in [5.74, 6) is 0.637. The van der Waals surface area contributed by atoms with Crippen LogP contribution in [0.4, 0.5) is 11.4 Å². The van der Waals surface area contributed by atoms with Crippen molar-refractivity contribution in [3.05, 3.63) is 61.9 Å². The Labute approximate surface area is 141 Å². The van der Waals surface area contributed by atoms with E-state index in [1.807, 2.05) is 16.7 Å². The van der Waals surface area contributed by atoms with Crippen molar-refractivity contribution in [2.45, 2.75) is 13.5 Å². The number of aryl methyl sites for hydroxylation is 1. The summed E-state index contributed by atoms with van der Waals surface area (Å²) in [5.41, 5.74) is 7.89. The predicted octanol–water partition coefficient (Wildman–Crippen LogP) is 4.19. The van der Waals surface area contributed by atoms with Crippen LogP contribution in [-0.4, -0.2) is 14.5 Å². The van der Waals surface area contributed by atoms with Crippen LogP contribution < -0.4 is 5.73 Å². The minimum absolute atomic E-state index is 0.0960. The zero-order chi connectivity index (χ0) is 16.7. The van der Waals surface area contributed by atoms with Gasteiger partial charge in [0.05, 0.1) is 15.5 Å². The molecule has 118 valence electrons. The van der Waals surface area contributed by atoms with E-state index >= 15 is 0 Å². The van der Waals surface area contributed by atoms with Gasteiger partial charge in [-0.3, -0.25) is 10.1 Å². The van der Waals surface area contributed by atoms with Gasteiger partial charge in [-0.1, -0.05) is 35.3 Å². The van der Waals surface area contributed by atoms with E-state index in [2.05, 4.69) is 4.98 Å². The molecular formula is C15H12Cl2N4O2. The largest absolute Gasteiger partial charge is 0.399 e. The van der Waals surface area contributed by atoms with E-state index < -0.39 is 4.92 Å². The molecule has 0 saturated carbocycles. The number of imidazole rings is 1. The quantitative estimate of drug-likeness (QED) is 0.435. The summed E-state index contributed by atoms with van der Waals surface area (Å²) in [6.45, 7) is 2.28. The Morgan fingerprint density at radius 1 is 1.30 bits per heavy atom. The number of benzene rings is 2. The van der Waals surface area contributed by atoms with Gasteiger partial charge >= 0.3 is 5.69 Å². The minimum Gasteiger partial charge on any atom is -0.399 e. The van der Waals surface area contributed by atoms with Crippen LogP contribution in [0.25, 0.3) is 11.0 Å². The summed E-state index contributed by atoms with van der Waals surface area (Å²) in [4.78, 5) is 15.0. The molecule has 3 aromatic rings. The average Bonchev–Trinajstić information content (AvgIpc) is 2.78. The van der Waals surface area contributed by atoms with Crippen molar-refractivity contribution in [1.82, 2.24) is 9.55 Å². The van der Waals surface area contributed by atoms with Crippen LogP contribution in [0.3, 0.4) is 0 Å². The van der Waals surface area contributed by atoms with Gasteiger partial charge in [-0.25, -0.2) is 4.98 Å². The summed E-state index contributed by atoms with van der Waals surface area (Å²) in [5, 5.41) is 11.3. The lowest BCUT2D eigenvalue weighted by molar-refractivity contribution is -0.383. The van der Waals surface area contributed by atoms with E-state index in [9.17, 15) is 10.1 Å². The topological polar surface area (TPSA) is 87.0 Å². The van der Waals surface area contributed by atoms with Gasteiger partial charge in [0.1, 0.15) is 10.8 Å². The van der Waals surface area contributed by atoms with E-state index in [0.717, 1.165) is 5.56 Å². The molecule has 1 heterocycles. The first-order valence-electron chi connectivity index (χ1n) is 6.72. The van der Waals surface area contributed by atoms with Crippen molar-refractivity contribution in [2.75, 3.05) is 5.73 Å². The number of fused-ring (bicyclic) bond motifs is 1. The molecule has 6 nitrogen and oxygen atoms in total. The molecule has 0 atom stereocenters. The molecule has 2 aromatic carbocycles. The highest BCUT2D eigenvalue weighted by molar-refractivity contribution is 6.44. The first kappa shape index (κ1) is 15.6. The Kier molecular flexibility index (Phi) is 3.87. The maximum absolute atomic E-state index is 11.3. The van der Waals surface area contributed by atoms with Crippen molar-refractivity contribution in [3.8, 4) is 0 Å². The average molecular weight is 351 g/mol. The Morgan fingerprint density at radius 2 is 1.96 bits per heavy atom. The van der Waals surface area contributed by atoms with E-state index in [1.54, 1.807) is 25.1 Å². The summed E-state index contributed by atoms with van der Waals surface area (Å²) in [7, 11) is 0. The number of nitrogens with zero attached hydrogens (tertiary/aromatic N) is 3. The summed E-state index contributed by atoms with van der Waals surface area (Å²) >= 11 is 12.0. The third-order valence-electron chi connectivity index (χ3n) is 3.61. The highest BCUT2D eigenvalue weighted by atomic mass is 35.5. The lowest BCUT2D eigenvalue weighted by Gasteiger charge is -2.08. The molecule has 0 saturated heterocycles. The fourth-order valence-corrected chi connectivity index (χ4v) is 2.88. The van der Waals surface area contributed by atoms with Gasteiger partial charge in [0.2, 0.25) is 0 Å². The first-order valence-corrected chi connectivity index (χ1v) is 7.47. The van der Waals surface area contributed by atoms with Gasteiger partial charge in [0, 0.05) is 12.2 Å².